The van der Waals surface area contributed by atoms with E-state index in [9.17, 15) is 0 Å². The highest BCUT2D eigenvalue weighted by atomic mass is 79.9. The molecule has 1 atom stereocenters. The summed E-state index contributed by atoms with van der Waals surface area (Å²) in [5.74, 6) is 0. The van der Waals surface area contributed by atoms with Crippen LogP contribution in [0.25, 0.3) is 0 Å². The maximum absolute atomic E-state index is 6.49. The zero-order chi connectivity index (χ0) is 14.2. The lowest BCUT2D eigenvalue weighted by molar-refractivity contribution is 0.848. The molecule has 0 fully saturated rings. The molecule has 100 valence electrons. The Morgan fingerprint density at radius 2 is 1.47 bits per heavy atom. The van der Waals surface area contributed by atoms with Gasteiger partial charge in [0.25, 0.3) is 0 Å². The Balaban J connectivity index is 2.52. The number of halogens is 1. The van der Waals surface area contributed by atoms with Crippen LogP contribution in [0.4, 0.5) is 0 Å². The molecule has 0 aliphatic heterocycles. The lowest BCUT2D eigenvalue weighted by Gasteiger charge is -2.19. The minimum atomic E-state index is -0.0632. The van der Waals surface area contributed by atoms with Crippen molar-refractivity contribution in [3.05, 3.63) is 68.2 Å². The van der Waals surface area contributed by atoms with Crippen molar-refractivity contribution in [1.82, 2.24) is 0 Å². The average Bonchev–Trinajstić information content (AvgIpc) is 2.36. The maximum Gasteiger partial charge on any atom is 0.0557 e. The van der Waals surface area contributed by atoms with Crippen LogP contribution in [-0.2, 0) is 0 Å². The first-order chi connectivity index (χ1) is 8.90. The molecule has 1 nitrogen and oxygen atoms in total. The van der Waals surface area contributed by atoms with Gasteiger partial charge in [-0.25, -0.2) is 0 Å². The Morgan fingerprint density at radius 1 is 0.842 bits per heavy atom. The van der Waals surface area contributed by atoms with Gasteiger partial charge in [0.05, 0.1) is 6.04 Å². The van der Waals surface area contributed by atoms with E-state index in [4.69, 9.17) is 5.73 Å². The number of benzene rings is 2. The van der Waals surface area contributed by atoms with Gasteiger partial charge in [0.2, 0.25) is 0 Å². The fourth-order valence-electron chi connectivity index (χ4n) is 2.40. The third-order valence-electron chi connectivity index (χ3n) is 3.65. The zero-order valence-corrected chi connectivity index (χ0v) is 13.5. The molecule has 19 heavy (non-hydrogen) atoms. The predicted octanol–water partition coefficient (Wildman–Crippen LogP) is 4.73. The molecule has 0 aromatic heterocycles. The van der Waals surface area contributed by atoms with E-state index in [0.717, 1.165) is 4.47 Å². The van der Waals surface area contributed by atoms with Gasteiger partial charge in [-0.05, 0) is 61.6 Å². The fourth-order valence-corrected chi connectivity index (χ4v) is 2.86. The summed E-state index contributed by atoms with van der Waals surface area (Å²) in [5.41, 5.74) is 13.9. The molecule has 0 spiro atoms. The number of hydrogen-bond acceptors (Lipinski definition) is 1. The minimum absolute atomic E-state index is 0.0632. The summed E-state index contributed by atoms with van der Waals surface area (Å²) in [6.07, 6.45) is 0. The monoisotopic (exact) mass is 317 g/mol. The number of hydrogen-bond donors (Lipinski definition) is 1. The highest BCUT2D eigenvalue weighted by molar-refractivity contribution is 9.10. The predicted molar refractivity (Wildman–Crippen MR) is 85.6 cm³/mol. The van der Waals surface area contributed by atoms with Crippen LogP contribution in [0, 0.1) is 27.7 Å². The summed E-state index contributed by atoms with van der Waals surface area (Å²) in [7, 11) is 0. The van der Waals surface area contributed by atoms with Crippen LogP contribution < -0.4 is 5.73 Å². The lowest BCUT2D eigenvalue weighted by atomic mass is 9.91. The Labute approximate surface area is 124 Å². The molecule has 0 aliphatic carbocycles. The standard InChI is InChI=1S/C17H20BrN/c1-10-5-6-11(2)14(7-10)17(19)15-8-13(4)16(18)9-12(15)3/h5-9,17H,19H2,1-4H3. The molecule has 2 N–H and O–H groups in total. The molecule has 0 saturated heterocycles. The Hall–Kier alpha value is -1.12. The van der Waals surface area contributed by atoms with Crippen molar-refractivity contribution in [2.24, 2.45) is 5.73 Å². The second-order valence-corrected chi connectivity index (χ2v) is 6.15. The van der Waals surface area contributed by atoms with Crippen LogP contribution in [0.2, 0.25) is 0 Å². The van der Waals surface area contributed by atoms with Crippen LogP contribution in [0.15, 0.2) is 34.8 Å². The first-order valence-corrected chi connectivity index (χ1v) is 7.29. The van der Waals surface area contributed by atoms with Gasteiger partial charge in [-0.1, -0.05) is 45.8 Å². The van der Waals surface area contributed by atoms with E-state index in [0.29, 0.717) is 0 Å². The van der Waals surface area contributed by atoms with E-state index >= 15 is 0 Å². The third-order valence-corrected chi connectivity index (χ3v) is 4.51. The second kappa shape index (κ2) is 5.48. The summed E-state index contributed by atoms with van der Waals surface area (Å²) in [4.78, 5) is 0. The number of nitrogens with two attached hydrogens (primary N) is 1. The van der Waals surface area contributed by atoms with Gasteiger partial charge >= 0.3 is 0 Å². The largest absolute Gasteiger partial charge is 0.320 e. The maximum atomic E-state index is 6.49. The van der Waals surface area contributed by atoms with Gasteiger partial charge in [-0.15, -0.1) is 0 Å². The normalized spacial score (nSPS) is 12.5. The fraction of sp³-hybridized carbons (Fsp3) is 0.294. The molecule has 0 aliphatic rings. The topological polar surface area (TPSA) is 26.0 Å². The van der Waals surface area contributed by atoms with E-state index in [-0.39, 0.29) is 6.04 Å². The Kier molecular flexibility index (Phi) is 4.12. The molecule has 1 unspecified atom stereocenters. The van der Waals surface area contributed by atoms with Gasteiger partial charge in [0.1, 0.15) is 0 Å². The molecule has 0 bridgehead atoms. The minimum Gasteiger partial charge on any atom is -0.320 e. The molecule has 0 amide bonds. The quantitative estimate of drug-likeness (QED) is 0.851. The Morgan fingerprint density at radius 3 is 2.16 bits per heavy atom. The van der Waals surface area contributed by atoms with Crippen molar-refractivity contribution in [3.8, 4) is 0 Å². The van der Waals surface area contributed by atoms with Crippen molar-refractivity contribution in [2.45, 2.75) is 33.7 Å². The zero-order valence-electron chi connectivity index (χ0n) is 11.9. The molecule has 2 rings (SSSR count). The van der Waals surface area contributed by atoms with Gasteiger partial charge in [0, 0.05) is 4.47 Å². The number of rotatable bonds is 2. The van der Waals surface area contributed by atoms with E-state index in [2.05, 4.69) is 74.0 Å². The van der Waals surface area contributed by atoms with Crippen molar-refractivity contribution in [3.63, 3.8) is 0 Å². The summed E-state index contributed by atoms with van der Waals surface area (Å²) < 4.78 is 1.14. The van der Waals surface area contributed by atoms with E-state index in [1.165, 1.54) is 33.4 Å². The first kappa shape index (κ1) is 14.3. The summed E-state index contributed by atoms with van der Waals surface area (Å²) in [5, 5.41) is 0. The molecular weight excluding hydrogens is 298 g/mol. The third kappa shape index (κ3) is 2.90. The molecule has 2 aromatic rings. The van der Waals surface area contributed by atoms with Crippen LogP contribution >= 0.6 is 15.9 Å². The molecular formula is C17H20BrN. The van der Waals surface area contributed by atoms with E-state index < -0.39 is 0 Å². The summed E-state index contributed by atoms with van der Waals surface area (Å²) in [6.45, 7) is 8.44. The van der Waals surface area contributed by atoms with Crippen molar-refractivity contribution in [1.29, 1.82) is 0 Å². The van der Waals surface area contributed by atoms with Crippen LogP contribution in [0.1, 0.15) is 39.4 Å². The average molecular weight is 318 g/mol. The van der Waals surface area contributed by atoms with Crippen LogP contribution in [0.3, 0.4) is 0 Å². The second-order valence-electron chi connectivity index (χ2n) is 5.30. The molecule has 0 radical (unpaired) electrons. The van der Waals surface area contributed by atoms with E-state index in [1.807, 2.05) is 0 Å². The van der Waals surface area contributed by atoms with Crippen molar-refractivity contribution < 1.29 is 0 Å². The highest BCUT2D eigenvalue weighted by Gasteiger charge is 2.15. The molecule has 0 heterocycles. The lowest BCUT2D eigenvalue weighted by Crippen LogP contribution is -2.15. The van der Waals surface area contributed by atoms with Crippen LogP contribution in [-0.4, -0.2) is 0 Å². The molecule has 2 aromatic carbocycles. The molecule has 0 saturated carbocycles. The van der Waals surface area contributed by atoms with Gasteiger partial charge < -0.3 is 5.73 Å². The first-order valence-electron chi connectivity index (χ1n) is 6.49. The molecule has 2 heteroatoms. The van der Waals surface area contributed by atoms with Crippen LogP contribution in [0.5, 0.6) is 0 Å². The van der Waals surface area contributed by atoms with E-state index in [1.54, 1.807) is 0 Å². The number of aryl methyl sites for hydroxylation is 4. The van der Waals surface area contributed by atoms with Gasteiger partial charge in [0.15, 0.2) is 0 Å². The summed E-state index contributed by atoms with van der Waals surface area (Å²) in [6, 6.07) is 10.7. The van der Waals surface area contributed by atoms with Crippen molar-refractivity contribution in [2.75, 3.05) is 0 Å². The SMILES string of the molecule is Cc1ccc(C)c(C(N)c2cc(C)c(Br)cc2C)c1. The highest BCUT2D eigenvalue weighted by Crippen LogP contribution is 2.29. The van der Waals surface area contributed by atoms with Crippen molar-refractivity contribution >= 4 is 15.9 Å². The van der Waals surface area contributed by atoms with Gasteiger partial charge in [-0.2, -0.15) is 0 Å². The summed E-state index contributed by atoms with van der Waals surface area (Å²) >= 11 is 3.57. The van der Waals surface area contributed by atoms with Gasteiger partial charge in [-0.3, -0.25) is 0 Å². The Bertz CT molecular complexity index is 617. The smallest absolute Gasteiger partial charge is 0.0557 e.